The number of aliphatic hydroxyl groups is 2. The molecule has 0 radical (unpaired) electrons. The molecule has 3 atom stereocenters. The topological polar surface area (TPSA) is 95.9 Å². The van der Waals surface area contributed by atoms with Gasteiger partial charge in [0.15, 0.2) is 0 Å². The van der Waals surface area contributed by atoms with Crippen LogP contribution in [0.3, 0.4) is 0 Å². The van der Waals surface area contributed by atoms with E-state index < -0.39 is 18.2 Å². The van der Waals surface area contributed by atoms with Gasteiger partial charge in [0.05, 0.1) is 25.2 Å². The number of nitrogens with one attached hydrogen (secondary N) is 1. The largest absolute Gasteiger partial charge is 0.462 e. The fourth-order valence-corrected chi connectivity index (χ4v) is 7.41. The molecule has 0 aromatic heterocycles. The van der Waals surface area contributed by atoms with Crippen molar-refractivity contribution in [1.82, 2.24) is 5.32 Å². The molecule has 6 heteroatoms. The monoisotopic (exact) mass is 840 g/mol. The highest BCUT2D eigenvalue weighted by molar-refractivity contribution is 5.77. The molecule has 0 bridgehead atoms. The van der Waals surface area contributed by atoms with E-state index in [4.69, 9.17) is 4.74 Å². The van der Waals surface area contributed by atoms with Crippen molar-refractivity contribution < 1.29 is 24.5 Å². The van der Waals surface area contributed by atoms with Gasteiger partial charge < -0.3 is 20.3 Å². The lowest BCUT2D eigenvalue weighted by molar-refractivity contribution is -0.151. The number of aliphatic hydroxyl groups excluding tert-OH is 2. The minimum absolute atomic E-state index is 0.0576. The van der Waals surface area contributed by atoms with Crippen LogP contribution in [0.5, 0.6) is 0 Å². The Labute approximate surface area is 371 Å². The van der Waals surface area contributed by atoms with E-state index in [0.717, 1.165) is 96.3 Å². The van der Waals surface area contributed by atoms with Crippen LogP contribution in [0.2, 0.25) is 0 Å². The zero-order valence-corrected chi connectivity index (χ0v) is 39.6. The van der Waals surface area contributed by atoms with Crippen LogP contribution < -0.4 is 5.32 Å². The molecule has 1 amide bonds. The standard InChI is InChI=1S/C54H97NO5/c1-4-7-10-13-16-19-21-23-25-26-28-30-32-35-38-41-44-47-54(59)60-50(45-42-39-36-34-31-29-27-24-22-20-17-14-11-8-5-2)48-53(58)55-51(49-56)52(57)46-43-40-37-33-18-15-12-9-6-3/h16-17,19-20,23-25,27-28,30,50-52,56-57H,4-15,18,21-22,26,29,31-49H2,1-3H3,(H,55,58)/b19-16-,20-17-,25-23-,27-24-,30-28-. The number of allylic oxidation sites excluding steroid dienone is 10. The van der Waals surface area contributed by atoms with E-state index in [1.165, 1.54) is 103 Å². The van der Waals surface area contributed by atoms with Gasteiger partial charge in [0, 0.05) is 6.42 Å². The maximum atomic E-state index is 13.2. The van der Waals surface area contributed by atoms with Crippen LogP contribution >= 0.6 is 0 Å². The Kier molecular flexibility index (Phi) is 45.7. The van der Waals surface area contributed by atoms with E-state index in [0.29, 0.717) is 19.3 Å². The first kappa shape index (κ1) is 57.6. The molecule has 0 fully saturated rings. The first-order valence-electron chi connectivity index (χ1n) is 25.5. The van der Waals surface area contributed by atoms with Crippen molar-refractivity contribution >= 4 is 11.9 Å². The molecule has 0 spiro atoms. The molecule has 0 aromatic carbocycles. The van der Waals surface area contributed by atoms with Crippen LogP contribution in [0, 0.1) is 0 Å². The number of amides is 1. The summed E-state index contributed by atoms with van der Waals surface area (Å²) in [4.78, 5) is 26.1. The SMILES string of the molecule is CCCCC/C=C\C/C=C\C/C=C\CCCCCCC(=O)OC(CCCCCCC/C=C\C/C=C\CCCCC)CC(=O)NC(CO)C(O)CCCCCCCCCCC. The van der Waals surface area contributed by atoms with Gasteiger partial charge in [0.25, 0.3) is 0 Å². The Morgan fingerprint density at radius 1 is 0.483 bits per heavy atom. The Morgan fingerprint density at radius 2 is 0.850 bits per heavy atom. The number of esters is 1. The molecule has 0 aromatic rings. The van der Waals surface area contributed by atoms with Crippen molar-refractivity contribution in [3.8, 4) is 0 Å². The van der Waals surface area contributed by atoms with Gasteiger partial charge in [-0.05, 0) is 96.3 Å². The van der Waals surface area contributed by atoms with Gasteiger partial charge in [-0.15, -0.1) is 0 Å². The Morgan fingerprint density at radius 3 is 1.32 bits per heavy atom. The number of rotatable bonds is 45. The minimum Gasteiger partial charge on any atom is -0.462 e. The van der Waals surface area contributed by atoms with Gasteiger partial charge in [-0.3, -0.25) is 9.59 Å². The maximum absolute atomic E-state index is 13.2. The van der Waals surface area contributed by atoms with E-state index in [-0.39, 0.29) is 24.9 Å². The molecule has 0 rings (SSSR count). The molecule has 3 unspecified atom stereocenters. The molecule has 0 aliphatic rings. The van der Waals surface area contributed by atoms with Gasteiger partial charge >= 0.3 is 5.97 Å². The summed E-state index contributed by atoms with van der Waals surface area (Å²) in [5.74, 6) is -0.513. The highest BCUT2D eigenvalue weighted by Crippen LogP contribution is 2.17. The second kappa shape index (κ2) is 47.6. The average Bonchev–Trinajstić information content (AvgIpc) is 3.24. The van der Waals surface area contributed by atoms with Crippen LogP contribution in [0.1, 0.15) is 245 Å². The zero-order chi connectivity index (χ0) is 43.8. The predicted molar refractivity (Wildman–Crippen MR) is 259 cm³/mol. The summed E-state index contributed by atoms with van der Waals surface area (Å²) < 4.78 is 5.92. The molecule has 3 N–H and O–H groups in total. The van der Waals surface area contributed by atoms with Gasteiger partial charge in [0.2, 0.25) is 5.91 Å². The summed E-state index contributed by atoms with van der Waals surface area (Å²) >= 11 is 0. The molecule has 60 heavy (non-hydrogen) atoms. The highest BCUT2D eigenvalue weighted by atomic mass is 16.5. The van der Waals surface area contributed by atoms with Crippen LogP contribution in [0.4, 0.5) is 0 Å². The lowest BCUT2D eigenvalue weighted by Crippen LogP contribution is -2.46. The van der Waals surface area contributed by atoms with E-state index in [9.17, 15) is 19.8 Å². The third kappa shape index (κ3) is 42.3. The Balaban J connectivity index is 4.65. The lowest BCUT2D eigenvalue weighted by atomic mass is 10.0. The van der Waals surface area contributed by atoms with Gasteiger partial charge in [-0.2, -0.15) is 0 Å². The summed E-state index contributed by atoms with van der Waals surface area (Å²) in [5.41, 5.74) is 0. The first-order chi connectivity index (χ1) is 29.5. The molecule has 0 aliphatic heterocycles. The van der Waals surface area contributed by atoms with Crippen LogP contribution in [0.25, 0.3) is 0 Å². The molecule has 0 heterocycles. The second-order valence-electron chi connectivity index (χ2n) is 17.2. The number of unbranched alkanes of at least 4 members (excludes halogenated alkanes) is 23. The quantitative estimate of drug-likeness (QED) is 0.0322. The number of ether oxygens (including phenoxy) is 1. The smallest absolute Gasteiger partial charge is 0.306 e. The second-order valence-corrected chi connectivity index (χ2v) is 17.2. The Hall–Kier alpha value is -2.44. The van der Waals surface area contributed by atoms with Gasteiger partial charge in [0.1, 0.15) is 6.10 Å². The van der Waals surface area contributed by atoms with E-state index in [2.05, 4.69) is 86.8 Å². The number of hydrogen-bond donors (Lipinski definition) is 3. The van der Waals surface area contributed by atoms with Gasteiger partial charge in [-0.25, -0.2) is 0 Å². The fraction of sp³-hybridized carbons (Fsp3) is 0.778. The van der Waals surface area contributed by atoms with Crippen LogP contribution in [-0.4, -0.2) is 46.9 Å². The average molecular weight is 840 g/mol. The molecule has 0 saturated heterocycles. The zero-order valence-electron chi connectivity index (χ0n) is 39.6. The Bertz CT molecular complexity index is 1080. The molecule has 0 saturated carbocycles. The third-order valence-electron chi connectivity index (χ3n) is 11.3. The number of carbonyl (C=O) groups is 2. The molecule has 6 nitrogen and oxygen atoms in total. The normalized spacial score (nSPS) is 13.8. The third-order valence-corrected chi connectivity index (χ3v) is 11.3. The molecule has 348 valence electrons. The summed E-state index contributed by atoms with van der Waals surface area (Å²) in [7, 11) is 0. The number of carbonyl (C=O) groups excluding carboxylic acids is 2. The highest BCUT2D eigenvalue weighted by Gasteiger charge is 2.24. The lowest BCUT2D eigenvalue weighted by Gasteiger charge is -2.24. The first-order valence-corrected chi connectivity index (χ1v) is 25.5. The van der Waals surface area contributed by atoms with E-state index in [1.807, 2.05) is 0 Å². The molecule has 0 aliphatic carbocycles. The minimum atomic E-state index is -0.795. The predicted octanol–water partition coefficient (Wildman–Crippen LogP) is 15.2. The summed E-state index contributed by atoms with van der Waals surface area (Å²) in [6.45, 7) is 6.40. The van der Waals surface area contributed by atoms with Crippen LogP contribution in [-0.2, 0) is 14.3 Å². The molecular weight excluding hydrogens is 743 g/mol. The van der Waals surface area contributed by atoms with Crippen molar-refractivity contribution in [3.05, 3.63) is 60.8 Å². The van der Waals surface area contributed by atoms with Gasteiger partial charge in [-0.1, -0.05) is 197 Å². The van der Waals surface area contributed by atoms with Crippen molar-refractivity contribution in [1.29, 1.82) is 0 Å². The van der Waals surface area contributed by atoms with Crippen LogP contribution in [0.15, 0.2) is 60.8 Å². The maximum Gasteiger partial charge on any atom is 0.306 e. The fourth-order valence-electron chi connectivity index (χ4n) is 7.41. The van der Waals surface area contributed by atoms with Crippen molar-refractivity contribution in [2.75, 3.05) is 6.61 Å². The van der Waals surface area contributed by atoms with Crippen molar-refractivity contribution in [2.24, 2.45) is 0 Å². The molecular formula is C54H97NO5. The summed E-state index contributed by atoms with van der Waals surface area (Å²) in [6, 6.07) is -0.711. The number of hydrogen-bond acceptors (Lipinski definition) is 5. The summed E-state index contributed by atoms with van der Waals surface area (Å²) in [6.07, 6.45) is 58.5. The van der Waals surface area contributed by atoms with Crippen molar-refractivity contribution in [3.63, 3.8) is 0 Å². The van der Waals surface area contributed by atoms with Crippen molar-refractivity contribution in [2.45, 2.75) is 264 Å². The summed E-state index contributed by atoms with van der Waals surface area (Å²) in [5, 5.41) is 23.7. The van der Waals surface area contributed by atoms with E-state index in [1.54, 1.807) is 0 Å². The van der Waals surface area contributed by atoms with E-state index >= 15 is 0 Å².